The molecule has 1 rings (SSSR count). The molecule has 1 unspecified atom stereocenters. The van der Waals surface area contributed by atoms with Crippen LogP contribution in [-0.4, -0.2) is 28.8 Å². The summed E-state index contributed by atoms with van der Waals surface area (Å²) in [6, 6.07) is 5.44. The molecule has 24 heavy (non-hydrogen) atoms. The van der Waals surface area contributed by atoms with Crippen molar-refractivity contribution in [2.24, 2.45) is 11.5 Å². The standard InChI is InChI=1S/C13H18N4O5S.ClH/c14-11(5-2-6-16-13(15)23)12(18)22-10-4-1-3-9(7-10)8-21-17(19)20;/h1,3-4,7,11H,2,5-6,8,14H2,(H3,15,16,23);1H. The van der Waals surface area contributed by atoms with Crippen LogP contribution in [0.4, 0.5) is 0 Å². The molecule has 0 spiro atoms. The minimum atomic E-state index is -0.893. The highest BCUT2D eigenvalue weighted by atomic mass is 35.5. The van der Waals surface area contributed by atoms with Gasteiger partial charge < -0.3 is 26.4 Å². The molecule has 9 nitrogen and oxygen atoms in total. The lowest BCUT2D eigenvalue weighted by molar-refractivity contribution is -0.763. The normalized spacial score (nSPS) is 10.9. The largest absolute Gasteiger partial charge is 0.425 e. The lowest BCUT2D eigenvalue weighted by atomic mass is 10.1. The molecule has 0 amide bonds. The Balaban J connectivity index is 0.00000529. The molecule has 1 aromatic rings. The molecule has 11 heteroatoms. The first-order valence-corrected chi connectivity index (χ1v) is 7.16. The van der Waals surface area contributed by atoms with Gasteiger partial charge in [0.2, 0.25) is 0 Å². The lowest BCUT2D eigenvalue weighted by Crippen LogP contribution is -2.36. The predicted octanol–water partition coefficient (Wildman–Crippen LogP) is 0.663. The van der Waals surface area contributed by atoms with E-state index in [1.54, 1.807) is 18.2 Å². The molecule has 1 atom stereocenters. The molecule has 5 N–H and O–H groups in total. The van der Waals surface area contributed by atoms with Crippen LogP contribution >= 0.6 is 24.6 Å². The van der Waals surface area contributed by atoms with Crippen molar-refractivity contribution < 1.29 is 19.5 Å². The van der Waals surface area contributed by atoms with Gasteiger partial charge in [0.15, 0.2) is 5.11 Å². The molecular weight excluding hydrogens is 360 g/mol. The minimum absolute atomic E-state index is 0. The fraction of sp³-hybridized carbons (Fsp3) is 0.385. The quantitative estimate of drug-likeness (QED) is 0.141. The van der Waals surface area contributed by atoms with Crippen molar-refractivity contribution in [2.75, 3.05) is 6.54 Å². The van der Waals surface area contributed by atoms with E-state index >= 15 is 0 Å². The number of halogens is 1. The van der Waals surface area contributed by atoms with Gasteiger partial charge in [0, 0.05) is 6.54 Å². The molecule has 0 aliphatic carbocycles. The number of rotatable bonds is 9. The maximum absolute atomic E-state index is 11.9. The summed E-state index contributed by atoms with van der Waals surface area (Å²) >= 11 is 4.65. The molecule has 0 heterocycles. The third-order valence-corrected chi connectivity index (χ3v) is 2.89. The van der Waals surface area contributed by atoms with E-state index in [4.69, 9.17) is 16.2 Å². The number of hydrogen-bond acceptors (Lipinski definition) is 7. The highest BCUT2D eigenvalue weighted by molar-refractivity contribution is 7.80. The average Bonchev–Trinajstić information content (AvgIpc) is 2.49. The number of benzene rings is 1. The van der Waals surface area contributed by atoms with Gasteiger partial charge in [0.25, 0.3) is 5.09 Å². The van der Waals surface area contributed by atoms with Gasteiger partial charge in [-0.15, -0.1) is 22.5 Å². The zero-order valence-corrected chi connectivity index (χ0v) is 14.3. The molecule has 0 radical (unpaired) electrons. The van der Waals surface area contributed by atoms with Crippen LogP contribution in [0.25, 0.3) is 0 Å². The summed E-state index contributed by atoms with van der Waals surface area (Å²) in [5, 5.41) is 12.2. The van der Waals surface area contributed by atoms with Gasteiger partial charge in [-0.2, -0.15) is 0 Å². The highest BCUT2D eigenvalue weighted by Gasteiger charge is 2.15. The number of carbonyl (C=O) groups excluding carboxylic acids is 1. The monoisotopic (exact) mass is 378 g/mol. The summed E-state index contributed by atoms with van der Waals surface area (Å²) in [5.74, 6) is -0.344. The molecule has 0 bridgehead atoms. The van der Waals surface area contributed by atoms with E-state index in [1.807, 2.05) is 0 Å². The van der Waals surface area contributed by atoms with Crippen LogP contribution in [0.1, 0.15) is 18.4 Å². The number of ether oxygens (including phenoxy) is 1. The topological polar surface area (TPSA) is 143 Å². The average molecular weight is 379 g/mol. The van der Waals surface area contributed by atoms with Crippen molar-refractivity contribution in [2.45, 2.75) is 25.5 Å². The Labute approximate surface area is 150 Å². The molecule has 0 aliphatic heterocycles. The summed E-state index contributed by atoms with van der Waals surface area (Å²) in [4.78, 5) is 26.3. The second-order valence-corrected chi connectivity index (χ2v) is 5.05. The lowest BCUT2D eigenvalue weighted by Gasteiger charge is -2.12. The van der Waals surface area contributed by atoms with Gasteiger partial charge in [-0.05, 0) is 42.8 Å². The predicted molar refractivity (Wildman–Crippen MR) is 93.1 cm³/mol. The molecular formula is C13H19ClN4O5S. The van der Waals surface area contributed by atoms with Crippen LogP contribution in [0.5, 0.6) is 5.75 Å². The Morgan fingerprint density at radius 3 is 2.79 bits per heavy atom. The number of carbonyl (C=O) groups is 1. The maximum atomic E-state index is 11.9. The van der Waals surface area contributed by atoms with Crippen LogP contribution in [0.2, 0.25) is 0 Å². The van der Waals surface area contributed by atoms with E-state index in [1.165, 1.54) is 6.07 Å². The van der Waals surface area contributed by atoms with Gasteiger partial charge >= 0.3 is 5.97 Å². The van der Waals surface area contributed by atoms with Crippen molar-refractivity contribution in [1.82, 2.24) is 5.32 Å². The van der Waals surface area contributed by atoms with Crippen LogP contribution in [0.3, 0.4) is 0 Å². The minimum Gasteiger partial charge on any atom is -0.425 e. The van der Waals surface area contributed by atoms with E-state index in [-0.39, 0.29) is 29.9 Å². The van der Waals surface area contributed by atoms with E-state index in [2.05, 4.69) is 22.4 Å². The van der Waals surface area contributed by atoms with E-state index in [9.17, 15) is 14.9 Å². The Kier molecular flexibility index (Phi) is 10.3. The van der Waals surface area contributed by atoms with Gasteiger partial charge in [0.1, 0.15) is 18.4 Å². The molecule has 0 saturated carbocycles. The first-order chi connectivity index (χ1) is 10.9. The van der Waals surface area contributed by atoms with Crippen LogP contribution < -0.4 is 21.5 Å². The third kappa shape index (κ3) is 9.08. The Bertz CT molecular complexity index is 575. The fourth-order valence-electron chi connectivity index (χ4n) is 1.67. The smallest absolute Gasteiger partial charge is 0.328 e. The Hall–Kier alpha value is -2.17. The van der Waals surface area contributed by atoms with Crippen molar-refractivity contribution in [1.29, 1.82) is 0 Å². The van der Waals surface area contributed by atoms with Crippen LogP contribution in [-0.2, 0) is 16.2 Å². The summed E-state index contributed by atoms with van der Waals surface area (Å²) < 4.78 is 5.14. The van der Waals surface area contributed by atoms with Gasteiger partial charge in [0.05, 0.1) is 0 Å². The first kappa shape index (κ1) is 21.8. The van der Waals surface area contributed by atoms with Crippen molar-refractivity contribution in [3.63, 3.8) is 0 Å². The Morgan fingerprint density at radius 2 is 2.17 bits per heavy atom. The second kappa shape index (κ2) is 11.4. The fourth-order valence-corrected chi connectivity index (χ4v) is 1.77. The van der Waals surface area contributed by atoms with Gasteiger partial charge in [-0.25, -0.2) is 4.79 Å². The zero-order valence-electron chi connectivity index (χ0n) is 12.7. The van der Waals surface area contributed by atoms with E-state index < -0.39 is 17.1 Å². The van der Waals surface area contributed by atoms with E-state index in [0.29, 0.717) is 24.9 Å². The first-order valence-electron chi connectivity index (χ1n) is 6.75. The molecule has 0 aromatic heterocycles. The van der Waals surface area contributed by atoms with Crippen LogP contribution in [0.15, 0.2) is 24.3 Å². The number of nitrogens with zero attached hydrogens (tertiary/aromatic N) is 1. The van der Waals surface area contributed by atoms with E-state index in [0.717, 1.165) is 0 Å². The number of nitrogens with one attached hydrogen (secondary N) is 1. The summed E-state index contributed by atoms with van der Waals surface area (Å²) in [6.07, 6.45) is 1.00. The Morgan fingerprint density at radius 1 is 1.46 bits per heavy atom. The third-order valence-electron chi connectivity index (χ3n) is 2.75. The second-order valence-electron chi connectivity index (χ2n) is 4.61. The number of hydrogen-bond donors (Lipinski definition) is 3. The van der Waals surface area contributed by atoms with Crippen molar-refractivity contribution in [3.8, 4) is 5.75 Å². The summed E-state index contributed by atoms with van der Waals surface area (Å²) in [5.41, 5.74) is 11.5. The van der Waals surface area contributed by atoms with Gasteiger partial charge in [-0.1, -0.05) is 12.1 Å². The maximum Gasteiger partial charge on any atom is 0.328 e. The summed E-state index contributed by atoms with van der Waals surface area (Å²) in [6.45, 7) is 0.291. The zero-order chi connectivity index (χ0) is 17.2. The van der Waals surface area contributed by atoms with Crippen molar-refractivity contribution in [3.05, 3.63) is 39.9 Å². The number of thiocarbonyl (C=S) groups is 1. The van der Waals surface area contributed by atoms with Crippen LogP contribution in [0, 0.1) is 10.1 Å². The highest BCUT2D eigenvalue weighted by Crippen LogP contribution is 2.15. The molecule has 134 valence electrons. The van der Waals surface area contributed by atoms with Crippen molar-refractivity contribution >= 4 is 35.7 Å². The molecule has 1 aromatic carbocycles. The molecule has 0 aliphatic rings. The SMILES string of the molecule is Cl.NC(=S)NCCCC(N)C(=O)Oc1cccc(CO[N+](=O)[O-])c1. The molecule has 0 saturated heterocycles. The number of nitrogens with two attached hydrogens (primary N) is 2. The number of esters is 1. The molecule has 0 fully saturated rings. The van der Waals surface area contributed by atoms with Gasteiger partial charge in [-0.3, -0.25) is 0 Å². The summed E-state index contributed by atoms with van der Waals surface area (Å²) in [7, 11) is 0.